The van der Waals surface area contributed by atoms with Gasteiger partial charge in [-0.05, 0) is 48.1 Å². The second kappa shape index (κ2) is 6.59. The number of fused-ring (bicyclic) bond motifs is 1. The first-order valence-electron chi connectivity index (χ1n) is 8.14. The van der Waals surface area contributed by atoms with Gasteiger partial charge in [0.15, 0.2) is 0 Å². The van der Waals surface area contributed by atoms with Gasteiger partial charge in [-0.2, -0.15) is 0 Å². The van der Waals surface area contributed by atoms with E-state index in [1.165, 1.54) is 36.5 Å². The minimum absolute atomic E-state index is 0.432. The smallest absolute Gasteiger partial charge is 0.0914 e. The average molecular weight is 283 g/mol. The van der Waals surface area contributed by atoms with E-state index in [1.54, 1.807) is 0 Å². The molecule has 2 atom stereocenters. The normalized spacial score (nSPS) is 19.0. The van der Waals surface area contributed by atoms with E-state index in [0.717, 1.165) is 11.5 Å². The van der Waals surface area contributed by atoms with E-state index in [1.807, 2.05) is 18.2 Å². The number of hydrogen-bond donors (Lipinski definition) is 2. The van der Waals surface area contributed by atoms with Crippen LogP contribution >= 0.6 is 0 Å². The summed E-state index contributed by atoms with van der Waals surface area (Å²) in [6.07, 6.45) is 4.97. The van der Waals surface area contributed by atoms with Crippen molar-refractivity contribution in [2.75, 3.05) is 6.54 Å². The van der Waals surface area contributed by atoms with Crippen molar-refractivity contribution in [2.45, 2.75) is 44.8 Å². The van der Waals surface area contributed by atoms with Crippen LogP contribution < -0.4 is 5.32 Å². The maximum atomic E-state index is 10.4. The fraction of sp³-hybridized carbons (Fsp3) is 0.474. The monoisotopic (exact) mass is 283 g/mol. The maximum absolute atomic E-state index is 10.4. The molecule has 0 aliphatic heterocycles. The first-order chi connectivity index (χ1) is 10.2. The zero-order valence-corrected chi connectivity index (χ0v) is 12.8. The van der Waals surface area contributed by atoms with Crippen LogP contribution in [0.15, 0.2) is 42.5 Å². The fourth-order valence-corrected chi connectivity index (χ4v) is 3.45. The third kappa shape index (κ3) is 3.45. The molecule has 0 saturated heterocycles. The lowest BCUT2D eigenvalue weighted by Crippen LogP contribution is -2.35. The number of hydrogen-bond acceptors (Lipinski definition) is 2. The Morgan fingerprint density at radius 2 is 1.81 bits per heavy atom. The highest BCUT2D eigenvalue weighted by molar-refractivity contribution is 5.83. The molecule has 0 amide bonds. The molecule has 2 nitrogen and oxygen atoms in total. The average Bonchev–Trinajstić information content (AvgIpc) is 3.06. The quantitative estimate of drug-likeness (QED) is 0.868. The molecule has 1 aliphatic carbocycles. The lowest BCUT2D eigenvalue weighted by atomic mass is 9.99. The Morgan fingerprint density at radius 3 is 2.57 bits per heavy atom. The topological polar surface area (TPSA) is 32.3 Å². The summed E-state index contributed by atoms with van der Waals surface area (Å²) in [5.41, 5.74) is 1.000. The SMILES string of the molecule is C[C@@H](NCC(O)c1ccc2ccccc2c1)C1CCCC1. The summed E-state index contributed by atoms with van der Waals surface area (Å²) >= 11 is 0. The standard InChI is InChI=1S/C19H25NO/c1-14(15-6-2-3-7-15)20-13-19(21)18-11-10-16-8-4-5-9-17(16)12-18/h4-5,8-12,14-15,19-21H,2-3,6-7,13H2,1H3/t14-,19?/m1/s1. The Balaban J connectivity index is 1.62. The highest BCUT2D eigenvalue weighted by Crippen LogP contribution is 2.28. The van der Waals surface area contributed by atoms with E-state index >= 15 is 0 Å². The minimum Gasteiger partial charge on any atom is -0.387 e. The van der Waals surface area contributed by atoms with Crippen molar-refractivity contribution in [1.29, 1.82) is 0 Å². The van der Waals surface area contributed by atoms with Gasteiger partial charge in [0, 0.05) is 12.6 Å². The largest absolute Gasteiger partial charge is 0.387 e. The molecule has 0 radical (unpaired) electrons. The predicted octanol–water partition coefficient (Wildman–Crippen LogP) is 4.04. The molecule has 1 unspecified atom stereocenters. The van der Waals surface area contributed by atoms with Gasteiger partial charge in [0.25, 0.3) is 0 Å². The van der Waals surface area contributed by atoms with Crippen molar-refractivity contribution in [3.05, 3.63) is 48.0 Å². The molecule has 2 heteroatoms. The molecule has 3 rings (SSSR count). The van der Waals surface area contributed by atoms with E-state index in [4.69, 9.17) is 0 Å². The van der Waals surface area contributed by atoms with Crippen molar-refractivity contribution >= 4 is 10.8 Å². The first-order valence-corrected chi connectivity index (χ1v) is 8.14. The van der Waals surface area contributed by atoms with Crippen LogP contribution in [0.2, 0.25) is 0 Å². The Hall–Kier alpha value is -1.38. The maximum Gasteiger partial charge on any atom is 0.0914 e. The molecular weight excluding hydrogens is 258 g/mol. The third-order valence-corrected chi connectivity index (χ3v) is 4.90. The molecule has 21 heavy (non-hydrogen) atoms. The van der Waals surface area contributed by atoms with Crippen molar-refractivity contribution in [3.63, 3.8) is 0 Å². The van der Waals surface area contributed by atoms with Crippen LogP contribution in [0.5, 0.6) is 0 Å². The third-order valence-electron chi connectivity index (χ3n) is 4.90. The Kier molecular flexibility index (Phi) is 4.57. The Bertz CT molecular complexity index is 589. The van der Waals surface area contributed by atoms with Gasteiger partial charge in [-0.25, -0.2) is 0 Å². The van der Waals surface area contributed by atoms with E-state index < -0.39 is 6.10 Å². The zero-order chi connectivity index (χ0) is 14.7. The van der Waals surface area contributed by atoms with Crippen molar-refractivity contribution in [3.8, 4) is 0 Å². The van der Waals surface area contributed by atoms with Gasteiger partial charge in [0.2, 0.25) is 0 Å². The van der Waals surface area contributed by atoms with Crippen LogP contribution in [0.4, 0.5) is 0 Å². The summed E-state index contributed by atoms with van der Waals surface area (Å²) in [7, 11) is 0. The van der Waals surface area contributed by atoms with Gasteiger partial charge in [0.1, 0.15) is 0 Å². The van der Waals surface area contributed by atoms with Crippen LogP contribution in [0, 0.1) is 5.92 Å². The Morgan fingerprint density at radius 1 is 1.10 bits per heavy atom. The van der Waals surface area contributed by atoms with Gasteiger partial charge in [-0.3, -0.25) is 0 Å². The lowest BCUT2D eigenvalue weighted by Gasteiger charge is -2.22. The molecule has 2 N–H and O–H groups in total. The zero-order valence-electron chi connectivity index (χ0n) is 12.8. The molecule has 1 aliphatic rings. The van der Waals surface area contributed by atoms with Crippen LogP contribution in [-0.4, -0.2) is 17.7 Å². The van der Waals surface area contributed by atoms with E-state index in [0.29, 0.717) is 12.6 Å². The number of aliphatic hydroxyl groups excluding tert-OH is 1. The molecule has 0 spiro atoms. The van der Waals surface area contributed by atoms with Crippen LogP contribution in [0.1, 0.15) is 44.3 Å². The van der Waals surface area contributed by atoms with E-state index in [9.17, 15) is 5.11 Å². The first kappa shape index (κ1) is 14.6. The van der Waals surface area contributed by atoms with Crippen molar-refractivity contribution in [2.24, 2.45) is 5.92 Å². The van der Waals surface area contributed by atoms with E-state index in [-0.39, 0.29) is 0 Å². The van der Waals surface area contributed by atoms with Crippen LogP contribution in [0.25, 0.3) is 10.8 Å². The fourth-order valence-electron chi connectivity index (χ4n) is 3.45. The molecule has 2 aromatic carbocycles. The van der Waals surface area contributed by atoms with Crippen molar-refractivity contribution in [1.82, 2.24) is 5.32 Å². The van der Waals surface area contributed by atoms with E-state index in [2.05, 4.69) is 36.5 Å². The van der Waals surface area contributed by atoms with Gasteiger partial charge >= 0.3 is 0 Å². The van der Waals surface area contributed by atoms with Crippen molar-refractivity contribution < 1.29 is 5.11 Å². The number of benzene rings is 2. The van der Waals surface area contributed by atoms with Gasteiger partial charge in [-0.1, -0.05) is 49.2 Å². The number of rotatable bonds is 5. The Labute approximate surface area is 127 Å². The number of aliphatic hydroxyl groups is 1. The molecule has 0 aromatic heterocycles. The molecule has 2 aromatic rings. The molecule has 112 valence electrons. The second-order valence-electron chi connectivity index (χ2n) is 6.36. The molecule has 1 fully saturated rings. The lowest BCUT2D eigenvalue weighted by molar-refractivity contribution is 0.165. The van der Waals surface area contributed by atoms with Crippen LogP contribution in [-0.2, 0) is 0 Å². The molecular formula is C19H25NO. The minimum atomic E-state index is -0.432. The van der Waals surface area contributed by atoms with Gasteiger partial charge in [-0.15, -0.1) is 0 Å². The second-order valence-corrected chi connectivity index (χ2v) is 6.36. The summed E-state index contributed by atoms with van der Waals surface area (Å²) < 4.78 is 0. The molecule has 0 bridgehead atoms. The summed E-state index contributed by atoms with van der Waals surface area (Å²) in [4.78, 5) is 0. The summed E-state index contributed by atoms with van der Waals surface area (Å²) in [6, 6.07) is 15.0. The van der Waals surface area contributed by atoms with Crippen LogP contribution in [0.3, 0.4) is 0 Å². The number of nitrogens with one attached hydrogen (secondary N) is 1. The summed E-state index contributed by atoms with van der Waals surface area (Å²) in [5.74, 6) is 0.786. The van der Waals surface area contributed by atoms with Gasteiger partial charge < -0.3 is 10.4 Å². The highest BCUT2D eigenvalue weighted by Gasteiger charge is 2.21. The summed E-state index contributed by atoms with van der Waals surface area (Å²) in [6.45, 7) is 2.89. The highest BCUT2D eigenvalue weighted by atomic mass is 16.3. The molecule has 1 saturated carbocycles. The van der Waals surface area contributed by atoms with Gasteiger partial charge in [0.05, 0.1) is 6.10 Å². The molecule has 0 heterocycles. The predicted molar refractivity (Wildman–Crippen MR) is 88.3 cm³/mol. The summed E-state index contributed by atoms with van der Waals surface area (Å²) in [5, 5.41) is 16.3.